The van der Waals surface area contributed by atoms with Gasteiger partial charge in [-0.3, -0.25) is 0 Å². The van der Waals surface area contributed by atoms with Gasteiger partial charge in [0.2, 0.25) is 0 Å². The number of piperidine rings is 1. The second kappa shape index (κ2) is 3.88. The van der Waals surface area contributed by atoms with Gasteiger partial charge in [0.15, 0.2) is 0 Å². The van der Waals surface area contributed by atoms with Crippen molar-refractivity contribution < 1.29 is 4.39 Å². The summed E-state index contributed by atoms with van der Waals surface area (Å²) in [5, 5.41) is 3.21. The predicted octanol–water partition coefficient (Wildman–Crippen LogP) is 2.45. The quantitative estimate of drug-likeness (QED) is 0.698. The molecule has 2 unspecified atom stereocenters. The van der Waals surface area contributed by atoms with Crippen molar-refractivity contribution in [3.8, 4) is 0 Å². The molecular weight excluding hydrogens is 165 g/mol. The molecule has 2 heteroatoms. The third-order valence-electron chi connectivity index (χ3n) is 2.54. The van der Waals surface area contributed by atoms with E-state index < -0.39 is 6.17 Å². The molecule has 0 amide bonds. The van der Waals surface area contributed by atoms with E-state index in [1.807, 2.05) is 30.3 Å². The van der Waals surface area contributed by atoms with Crippen LogP contribution < -0.4 is 5.32 Å². The number of halogens is 1. The first-order valence-corrected chi connectivity index (χ1v) is 4.80. The molecule has 1 nitrogen and oxygen atoms in total. The first-order chi connectivity index (χ1) is 6.38. The Labute approximate surface area is 78.0 Å². The van der Waals surface area contributed by atoms with E-state index >= 15 is 0 Å². The van der Waals surface area contributed by atoms with Crippen molar-refractivity contribution in [2.45, 2.75) is 25.1 Å². The van der Waals surface area contributed by atoms with Gasteiger partial charge in [-0.1, -0.05) is 30.3 Å². The highest BCUT2D eigenvalue weighted by Crippen LogP contribution is 2.25. The minimum atomic E-state index is -0.726. The summed E-state index contributed by atoms with van der Waals surface area (Å²) in [6.45, 7) is 0.931. The van der Waals surface area contributed by atoms with E-state index in [-0.39, 0.29) is 6.04 Å². The Morgan fingerprint density at radius 2 is 2.00 bits per heavy atom. The molecule has 1 aliphatic heterocycles. The zero-order valence-corrected chi connectivity index (χ0v) is 7.54. The maximum Gasteiger partial charge on any atom is 0.120 e. The number of hydrogen-bond donors (Lipinski definition) is 1. The van der Waals surface area contributed by atoms with Crippen LogP contribution in [-0.2, 0) is 0 Å². The average molecular weight is 179 g/mol. The van der Waals surface area contributed by atoms with E-state index in [9.17, 15) is 4.39 Å². The summed E-state index contributed by atoms with van der Waals surface area (Å²) in [5.74, 6) is 0. The number of benzene rings is 1. The molecule has 1 saturated heterocycles. The van der Waals surface area contributed by atoms with Gasteiger partial charge in [0.1, 0.15) is 6.17 Å². The van der Waals surface area contributed by atoms with E-state index in [1.165, 1.54) is 0 Å². The molecule has 2 rings (SSSR count). The largest absolute Gasteiger partial charge is 0.308 e. The molecule has 0 aromatic heterocycles. The van der Waals surface area contributed by atoms with Crippen molar-refractivity contribution in [3.63, 3.8) is 0 Å². The molecule has 2 atom stereocenters. The van der Waals surface area contributed by atoms with Gasteiger partial charge in [0.25, 0.3) is 0 Å². The highest BCUT2D eigenvalue weighted by Gasteiger charge is 2.24. The zero-order chi connectivity index (χ0) is 9.10. The van der Waals surface area contributed by atoms with Gasteiger partial charge < -0.3 is 5.32 Å². The van der Waals surface area contributed by atoms with Crippen LogP contribution in [0.1, 0.15) is 24.4 Å². The molecule has 1 aliphatic rings. The summed E-state index contributed by atoms with van der Waals surface area (Å²) in [6.07, 6.45) is 0.910. The van der Waals surface area contributed by atoms with Crippen LogP contribution in [0.4, 0.5) is 4.39 Å². The second-order valence-electron chi connectivity index (χ2n) is 3.50. The first-order valence-electron chi connectivity index (χ1n) is 4.80. The highest BCUT2D eigenvalue weighted by atomic mass is 19.1. The zero-order valence-electron chi connectivity index (χ0n) is 7.54. The van der Waals surface area contributed by atoms with Crippen LogP contribution in [0.3, 0.4) is 0 Å². The first kappa shape index (κ1) is 8.70. The molecule has 0 saturated carbocycles. The summed E-state index contributed by atoms with van der Waals surface area (Å²) < 4.78 is 13.5. The molecule has 0 bridgehead atoms. The molecule has 1 N–H and O–H groups in total. The molecule has 70 valence electrons. The van der Waals surface area contributed by atoms with Crippen molar-refractivity contribution >= 4 is 0 Å². The Morgan fingerprint density at radius 1 is 1.23 bits per heavy atom. The van der Waals surface area contributed by atoms with Crippen molar-refractivity contribution in [1.82, 2.24) is 5.32 Å². The molecule has 0 aliphatic carbocycles. The SMILES string of the molecule is FC1CCCNC1c1ccccc1. The van der Waals surface area contributed by atoms with Crippen molar-refractivity contribution in [1.29, 1.82) is 0 Å². The maximum atomic E-state index is 13.5. The topological polar surface area (TPSA) is 12.0 Å². The maximum absolute atomic E-state index is 13.5. The van der Waals surface area contributed by atoms with Crippen molar-refractivity contribution in [3.05, 3.63) is 35.9 Å². The van der Waals surface area contributed by atoms with Gasteiger partial charge >= 0.3 is 0 Å². The fourth-order valence-corrected chi connectivity index (χ4v) is 1.84. The predicted molar refractivity (Wildman–Crippen MR) is 51.3 cm³/mol. The lowest BCUT2D eigenvalue weighted by Crippen LogP contribution is -2.35. The van der Waals surface area contributed by atoms with Gasteiger partial charge in [-0.05, 0) is 24.9 Å². The average Bonchev–Trinajstić information content (AvgIpc) is 2.20. The number of nitrogens with one attached hydrogen (secondary N) is 1. The summed E-state index contributed by atoms with van der Waals surface area (Å²) in [7, 11) is 0. The lowest BCUT2D eigenvalue weighted by molar-refractivity contribution is 0.201. The van der Waals surface area contributed by atoms with Gasteiger partial charge in [-0.15, -0.1) is 0 Å². The lowest BCUT2D eigenvalue weighted by Gasteiger charge is -2.27. The lowest BCUT2D eigenvalue weighted by atomic mass is 9.96. The van der Waals surface area contributed by atoms with E-state index in [0.717, 1.165) is 18.5 Å². The highest BCUT2D eigenvalue weighted by molar-refractivity contribution is 5.20. The van der Waals surface area contributed by atoms with E-state index in [0.29, 0.717) is 6.42 Å². The molecule has 1 aromatic carbocycles. The molecular formula is C11H14FN. The summed E-state index contributed by atoms with van der Waals surface area (Å²) in [6, 6.07) is 9.75. The Hall–Kier alpha value is -0.890. The Balaban J connectivity index is 2.15. The van der Waals surface area contributed by atoms with E-state index in [1.54, 1.807) is 0 Å². The normalized spacial score (nSPS) is 28.7. The van der Waals surface area contributed by atoms with Gasteiger partial charge in [0.05, 0.1) is 6.04 Å². The summed E-state index contributed by atoms with van der Waals surface area (Å²) in [5.41, 5.74) is 1.06. The molecule has 1 aromatic rings. The number of rotatable bonds is 1. The molecule has 0 radical (unpaired) electrons. The van der Waals surface area contributed by atoms with Crippen molar-refractivity contribution in [2.24, 2.45) is 0 Å². The Bertz CT molecular complexity index is 260. The van der Waals surface area contributed by atoms with E-state index in [2.05, 4.69) is 5.32 Å². The third-order valence-corrected chi connectivity index (χ3v) is 2.54. The minimum absolute atomic E-state index is 0.0880. The van der Waals surface area contributed by atoms with Crippen LogP contribution in [-0.4, -0.2) is 12.7 Å². The molecule has 0 spiro atoms. The number of alkyl halides is 1. The number of hydrogen-bond acceptors (Lipinski definition) is 1. The fraction of sp³-hybridized carbons (Fsp3) is 0.455. The molecule has 1 heterocycles. The van der Waals surface area contributed by atoms with Crippen LogP contribution in [0.2, 0.25) is 0 Å². The monoisotopic (exact) mass is 179 g/mol. The molecule has 13 heavy (non-hydrogen) atoms. The Kier molecular flexibility index (Phi) is 2.60. The van der Waals surface area contributed by atoms with Crippen molar-refractivity contribution in [2.75, 3.05) is 6.54 Å². The van der Waals surface area contributed by atoms with Gasteiger partial charge in [-0.25, -0.2) is 4.39 Å². The van der Waals surface area contributed by atoms with Crippen LogP contribution in [0.25, 0.3) is 0 Å². The fourth-order valence-electron chi connectivity index (χ4n) is 1.84. The molecule has 1 fully saturated rings. The van der Waals surface area contributed by atoms with Crippen LogP contribution in [0.5, 0.6) is 0 Å². The van der Waals surface area contributed by atoms with E-state index in [4.69, 9.17) is 0 Å². The van der Waals surface area contributed by atoms with Crippen LogP contribution >= 0.6 is 0 Å². The summed E-state index contributed by atoms with van der Waals surface area (Å²) in [4.78, 5) is 0. The van der Waals surface area contributed by atoms with Crippen LogP contribution in [0.15, 0.2) is 30.3 Å². The minimum Gasteiger partial charge on any atom is -0.308 e. The van der Waals surface area contributed by atoms with Crippen LogP contribution in [0, 0.1) is 0 Å². The summed E-state index contributed by atoms with van der Waals surface area (Å²) >= 11 is 0. The Morgan fingerprint density at radius 3 is 2.69 bits per heavy atom. The van der Waals surface area contributed by atoms with Gasteiger partial charge in [-0.2, -0.15) is 0 Å². The standard InChI is InChI=1S/C11H14FN/c12-10-7-4-8-13-11(10)9-5-2-1-3-6-9/h1-3,5-6,10-11,13H,4,7-8H2. The second-order valence-corrected chi connectivity index (χ2v) is 3.50. The smallest absolute Gasteiger partial charge is 0.120 e. The third kappa shape index (κ3) is 1.89. The van der Waals surface area contributed by atoms with Gasteiger partial charge in [0, 0.05) is 0 Å².